The van der Waals surface area contributed by atoms with Crippen molar-refractivity contribution in [2.75, 3.05) is 0 Å². The highest BCUT2D eigenvalue weighted by Gasteiger charge is 2.20. The second-order valence-corrected chi connectivity index (χ2v) is 4.34. The summed E-state index contributed by atoms with van der Waals surface area (Å²) in [5.74, 6) is -1.19. The summed E-state index contributed by atoms with van der Waals surface area (Å²) in [5.41, 5.74) is -1.15. The molecule has 1 aromatic carbocycles. The Morgan fingerprint density at radius 3 is 2.70 bits per heavy atom. The lowest BCUT2D eigenvalue weighted by Gasteiger charge is -2.07. The van der Waals surface area contributed by atoms with Crippen molar-refractivity contribution in [3.63, 3.8) is 0 Å². The molecule has 0 unspecified atom stereocenters. The fourth-order valence-electron chi connectivity index (χ4n) is 1.68. The first-order chi connectivity index (χ1) is 9.40. The monoisotopic (exact) mass is 277 g/mol. The first-order valence-corrected chi connectivity index (χ1v) is 5.82. The number of hydrogen-bond acceptors (Lipinski definition) is 6. The third kappa shape index (κ3) is 2.51. The summed E-state index contributed by atoms with van der Waals surface area (Å²) in [6.45, 7) is 3.28. The molecule has 7 nitrogen and oxygen atoms in total. The first kappa shape index (κ1) is 13.7. The van der Waals surface area contributed by atoms with Crippen LogP contribution in [-0.2, 0) is 4.74 Å². The van der Waals surface area contributed by atoms with Crippen LogP contribution in [0.25, 0.3) is 11.0 Å². The number of nitrogens with zero attached hydrogens (tertiary/aromatic N) is 1. The molecule has 0 saturated carbocycles. The molecule has 0 fully saturated rings. The number of ether oxygens (including phenoxy) is 1. The molecule has 0 radical (unpaired) electrons. The Morgan fingerprint density at radius 2 is 2.10 bits per heavy atom. The van der Waals surface area contributed by atoms with Crippen molar-refractivity contribution in [2.45, 2.75) is 20.0 Å². The zero-order valence-corrected chi connectivity index (χ0v) is 10.8. The van der Waals surface area contributed by atoms with Crippen molar-refractivity contribution in [3.8, 4) is 0 Å². The lowest BCUT2D eigenvalue weighted by molar-refractivity contribution is -0.383. The molecule has 0 atom stereocenters. The molecule has 1 heterocycles. The smallest absolute Gasteiger partial charge is 0.374 e. The molecule has 0 aliphatic heterocycles. The zero-order chi connectivity index (χ0) is 14.9. The summed E-state index contributed by atoms with van der Waals surface area (Å²) < 4.78 is 10.1. The van der Waals surface area contributed by atoms with Gasteiger partial charge in [0.2, 0.25) is 11.3 Å². The summed E-state index contributed by atoms with van der Waals surface area (Å²) in [7, 11) is 0. The van der Waals surface area contributed by atoms with Crippen molar-refractivity contribution in [2.24, 2.45) is 0 Å². The van der Waals surface area contributed by atoms with Gasteiger partial charge in [-0.3, -0.25) is 14.9 Å². The fourth-order valence-corrected chi connectivity index (χ4v) is 1.68. The molecule has 7 heteroatoms. The number of hydrogen-bond donors (Lipinski definition) is 0. The van der Waals surface area contributed by atoms with E-state index in [1.54, 1.807) is 13.8 Å². The molecule has 0 amide bonds. The highest BCUT2D eigenvalue weighted by atomic mass is 16.6. The molecule has 0 aliphatic rings. The van der Waals surface area contributed by atoms with E-state index in [-0.39, 0.29) is 22.4 Å². The molecule has 0 aliphatic carbocycles. The number of nitro groups is 1. The van der Waals surface area contributed by atoms with E-state index in [9.17, 15) is 19.7 Å². The second-order valence-electron chi connectivity index (χ2n) is 4.34. The van der Waals surface area contributed by atoms with Crippen LogP contribution in [-0.4, -0.2) is 17.0 Å². The Morgan fingerprint density at radius 1 is 1.40 bits per heavy atom. The van der Waals surface area contributed by atoms with Crippen LogP contribution in [0.4, 0.5) is 5.69 Å². The van der Waals surface area contributed by atoms with E-state index in [1.807, 2.05) is 0 Å². The normalized spacial score (nSPS) is 10.8. The SMILES string of the molecule is CC(C)OC(=O)c1cc(=O)c2cccc([N+](=O)[O-])c2o1. The molecule has 0 spiro atoms. The standard InChI is InChI=1S/C13H11NO6/c1-7(2)19-13(16)11-6-10(15)8-4-3-5-9(14(17)18)12(8)20-11/h3-7H,1-2H3. The predicted molar refractivity (Wildman–Crippen MR) is 69.7 cm³/mol. The van der Waals surface area contributed by atoms with E-state index >= 15 is 0 Å². The number of nitro benzene ring substituents is 1. The summed E-state index contributed by atoms with van der Waals surface area (Å²) in [6.07, 6.45) is -0.394. The van der Waals surface area contributed by atoms with Crippen LogP contribution in [0.2, 0.25) is 0 Å². The number of para-hydroxylation sites is 1. The molecule has 0 saturated heterocycles. The van der Waals surface area contributed by atoms with Gasteiger partial charge in [0.1, 0.15) is 0 Å². The van der Waals surface area contributed by atoms with Crippen molar-refractivity contribution in [3.05, 3.63) is 50.4 Å². The van der Waals surface area contributed by atoms with Gasteiger partial charge in [-0.05, 0) is 19.9 Å². The maximum absolute atomic E-state index is 11.9. The number of carbonyl (C=O) groups excluding carboxylic acids is 1. The molecule has 2 rings (SSSR count). The van der Waals surface area contributed by atoms with Crippen LogP contribution in [0.15, 0.2) is 33.5 Å². The third-order valence-electron chi connectivity index (χ3n) is 2.47. The van der Waals surface area contributed by atoms with Gasteiger partial charge in [-0.1, -0.05) is 6.07 Å². The van der Waals surface area contributed by atoms with Crippen molar-refractivity contribution < 1.29 is 18.9 Å². The number of benzene rings is 1. The van der Waals surface area contributed by atoms with Gasteiger partial charge in [0.15, 0.2) is 5.43 Å². The Kier molecular flexibility index (Phi) is 3.51. The van der Waals surface area contributed by atoms with Crippen molar-refractivity contribution in [1.29, 1.82) is 0 Å². The van der Waals surface area contributed by atoms with Crippen LogP contribution in [0, 0.1) is 10.1 Å². The molecular weight excluding hydrogens is 266 g/mol. The van der Waals surface area contributed by atoms with Gasteiger partial charge >= 0.3 is 11.7 Å². The average molecular weight is 277 g/mol. The summed E-state index contributed by atoms with van der Waals surface area (Å²) in [5, 5.41) is 11.0. The second kappa shape index (κ2) is 5.12. The molecule has 0 bridgehead atoms. The topological polar surface area (TPSA) is 99.7 Å². The van der Waals surface area contributed by atoms with Gasteiger partial charge < -0.3 is 9.15 Å². The van der Waals surface area contributed by atoms with Gasteiger partial charge in [0.25, 0.3) is 0 Å². The Balaban J connectivity index is 2.66. The van der Waals surface area contributed by atoms with Gasteiger partial charge in [0.05, 0.1) is 16.4 Å². The fraction of sp³-hybridized carbons (Fsp3) is 0.231. The van der Waals surface area contributed by atoms with Crippen LogP contribution in [0.1, 0.15) is 24.4 Å². The highest BCUT2D eigenvalue weighted by molar-refractivity contribution is 5.91. The highest BCUT2D eigenvalue weighted by Crippen LogP contribution is 2.24. The summed E-state index contributed by atoms with van der Waals surface area (Å²) in [6, 6.07) is 4.94. The maximum atomic E-state index is 11.9. The lowest BCUT2D eigenvalue weighted by atomic mass is 10.2. The minimum absolute atomic E-state index is 0.0419. The summed E-state index contributed by atoms with van der Waals surface area (Å²) in [4.78, 5) is 33.8. The average Bonchev–Trinajstić information content (AvgIpc) is 2.37. The summed E-state index contributed by atoms with van der Waals surface area (Å²) >= 11 is 0. The Labute approximate surface area is 112 Å². The van der Waals surface area contributed by atoms with E-state index in [1.165, 1.54) is 18.2 Å². The third-order valence-corrected chi connectivity index (χ3v) is 2.47. The molecule has 1 aromatic heterocycles. The van der Waals surface area contributed by atoms with Gasteiger partial charge in [-0.2, -0.15) is 0 Å². The number of esters is 1. The minimum Gasteiger partial charge on any atom is -0.457 e. The Hall–Kier alpha value is -2.70. The molecule has 0 N–H and O–H groups in total. The number of fused-ring (bicyclic) bond motifs is 1. The van der Waals surface area contributed by atoms with Crippen molar-refractivity contribution >= 4 is 22.6 Å². The van der Waals surface area contributed by atoms with E-state index in [2.05, 4.69) is 0 Å². The van der Waals surface area contributed by atoms with Crippen molar-refractivity contribution in [1.82, 2.24) is 0 Å². The first-order valence-electron chi connectivity index (χ1n) is 5.82. The minimum atomic E-state index is -0.836. The lowest BCUT2D eigenvalue weighted by Crippen LogP contribution is -2.14. The van der Waals surface area contributed by atoms with Gasteiger partial charge in [0, 0.05) is 12.1 Å². The predicted octanol–water partition coefficient (Wildman–Crippen LogP) is 2.27. The van der Waals surface area contributed by atoms with Crippen LogP contribution in [0.5, 0.6) is 0 Å². The van der Waals surface area contributed by atoms with E-state index in [4.69, 9.17) is 9.15 Å². The van der Waals surface area contributed by atoms with E-state index in [0.717, 1.165) is 6.07 Å². The van der Waals surface area contributed by atoms with Gasteiger partial charge in [-0.25, -0.2) is 4.79 Å². The molecule has 2 aromatic rings. The van der Waals surface area contributed by atoms with E-state index < -0.39 is 22.4 Å². The Bertz CT molecular complexity index is 746. The molecule has 20 heavy (non-hydrogen) atoms. The van der Waals surface area contributed by atoms with Crippen LogP contribution in [0.3, 0.4) is 0 Å². The maximum Gasteiger partial charge on any atom is 0.374 e. The quantitative estimate of drug-likeness (QED) is 0.484. The number of rotatable bonds is 3. The zero-order valence-electron chi connectivity index (χ0n) is 10.8. The largest absolute Gasteiger partial charge is 0.457 e. The van der Waals surface area contributed by atoms with Gasteiger partial charge in [-0.15, -0.1) is 0 Å². The number of carbonyl (C=O) groups is 1. The number of non-ortho nitro benzene ring substituents is 1. The molecule has 104 valence electrons. The van der Waals surface area contributed by atoms with Crippen LogP contribution >= 0.6 is 0 Å². The van der Waals surface area contributed by atoms with E-state index in [0.29, 0.717) is 0 Å². The van der Waals surface area contributed by atoms with Crippen LogP contribution < -0.4 is 5.43 Å². The molecular formula is C13H11NO6.